The fourth-order valence-electron chi connectivity index (χ4n) is 3.85. The number of urea groups is 1. The van der Waals surface area contributed by atoms with E-state index in [4.69, 9.17) is 0 Å². The number of hydrogen-bond acceptors (Lipinski definition) is 7. The molecule has 0 radical (unpaired) electrons. The van der Waals surface area contributed by atoms with Crippen LogP contribution in [-0.2, 0) is 22.4 Å². The van der Waals surface area contributed by atoms with Crippen LogP contribution in [0.2, 0.25) is 0 Å². The average Bonchev–Trinajstić information content (AvgIpc) is 3.41. The number of aromatic nitrogens is 1. The number of thiazole rings is 1. The number of anilines is 1. The molecular weight excluding hydrogens is 511 g/mol. The van der Waals surface area contributed by atoms with E-state index < -0.39 is 39.9 Å². The molecule has 1 atom stereocenters. The van der Waals surface area contributed by atoms with Crippen LogP contribution < -0.4 is 4.90 Å². The number of thiophene rings is 1. The maximum atomic E-state index is 13.6. The van der Waals surface area contributed by atoms with Crippen molar-refractivity contribution in [3.63, 3.8) is 0 Å². The normalized spacial score (nSPS) is 16.9. The van der Waals surface area contributed by atoms with Gasteiger partial charge in [0.25, 0.3) is 0 Å². The van der Waals surface area contributed by atoms with Crippen molar-refractivity contribution >= 4 is 43.5 Å². The number of aliphatic hydroxyl groups is 1. The largest absolute Gasteiger partial charge is 0.416 e. The fraction of sp³-hybridized carbons (Fsp3) is 0.333. The van der Waals surface area contributed by atoms with Crippen molar-refractivity contribution in [2.45, 2.75) is 47.9 Å². The minimum Gasteiger partial charge on any atom is -0.369 e. The third kappa shape index (κ3) is 4.00. The zero-order valence-corrected chi connectivity index (χ0v) is 20.6. The zero-order chi connectivity index (χ0) is 25.0. The Hall–Kier alpha value is -2.48. The lowest BCUT2D eigenvalue weighted by Gasteiger charge is -2.38. The van der Waals surface area contributed by atoms with Crippen LogP contribution in [0.4, 0.5) is 23.0 Å². The summed E-state index contributed by atoms with van der Waals surface area (Å²) in [6.07, 6.45) is -5.28. The molecule has 34 heavy (non-hydrogen) atoms. The third-order valence-electron chi connectivity index (χ3n) is 5.40. The van der Waals surface area contributed by atoms with Crippen molar-refractivity contribution in [3.05, 3.63) is 57.4 Å². The molecule has 0 saturated carbocycles. The van der Waals surface area contributed by atoms with Gasteiger partial charge in [-0.25, -0.2) is 18.2 Å². The van der Waals surface area contributed by atoms with Crippen LogP contribution in [0.15, 0.2) is 45.1 Å². The van der Waals surface area contributed by atoms with Crippen LogP contribution >= 0.6 is 22.7 Å². The number of nitrogens with zero attached hydrogens (tertiary/aromatic N) is 3. The molecule has 13 heteroatoms. The summed E-state index contributed by atoms with van der Waals surface area (Å²) in [6, 6.07) is 3.98. The molecule has 1 aliphatic rings. The molecule has 182 valence electrons. The molecule has 1 N–H and O–H groups in total. The highest BCUT2D eigenvalue weighted by molar-refractivity contribution is 7.93. The van der Waals surface area contributed by atoms with E-state index in [0.29, 0.717) is 0 Å². The molecule has 0 saturated heterocycles. The van der Waals surface area contributed by atoms with Crippen molar-refractivity contribution in [3.8, 4) is 0 Å². The summed E-state index contributed by atoms with van der Waals surface area (Å²) in [4.78, 5) is 18.9. The monoisotopic (exact) mass is 531 g/mol. The summed E-state index contributed by atoms with van der Waals surface area (Å²) in [6.45, 7) is 3.45. The predicted octanol–water partition coefficient (Wildman–Crippen LogP) is 4.92. The molecule has 0 aliphatic carbocycles. The number of halogens is 3. The summed E-state index contributed by atoms with van der Waals surface area (Å²) in [7, 11) is -2.97. The topological polar surface area (TPSA) is 90.8 Å². The van der Waals surface area contributed by atoms with Crippen LogP contribution in [0.1, 0.15) is 41.6 Å². The van der Waals surface area contributed by atoms with Gasteiger partial charge in [-0.15, -0.1) is 22.7 Å². The summed E-state index contributed by atoms with van der Waals surface area (Å²) in [5, 5.41) is 12.6. The van der Waals surface area contributed by atoms with Gasteiger partial charge in [0.1, 0.15) is 5.00 Å². The number of benzene rings is 1. The Morgan fingerprint density at radius 3 is 2.50 bits per heavy atom. The van der Waals surface area contributed by atoms with Gasteiger partial charge in [-0.05, 0) is 25.5 Å². The molecule has 2 aromatic heterocycles. The van der Waals surface area contributed by atoms with Crippen LogP contribution in [0.3, 0.4) is 0 Å². The van der Waals surface area contributed by atoms with Crippen molar-refractivity contribution in [1.29, 1.82) is 0 Å². The highest BCUT2D eigenvalue weighted by Crippen LogP contribution is 2.49. The molecule has 4 rings (SSSR count). The first-order chi connectivity index (χ1) is 15.9. The first-order valence-electron chi connectivity index (χ1n) is 10.0. The van der Waals surface area contributed by atoms with Gasteiger partial charge in [-0.1, -0.05) is 18.2 Å². The standard InChI is InChI=1S/C21H20F3N3O4S3/c1-11(2)27-18-15(17(28)26(3)20(27)29)16(34(30,31)19-25-8-9-32-19)14(33-18)10-12-6-4-5-7-13(12)21(22,23)24/h4-9,11,17,28H,10H2,1-3H3. The number of sulfone groups is 1. The Morgan fingerprint density at radius 2 is 1.91 bits per heavy atom. The van der Waals surface area contributed by atoms with E-state index in [1.807, 2.05) is 0 Å². The number of rotatable bonds is 5. The minimum atomic E-state index is -4.64. The molecule has 1 unspecified atom stereocenters. The van der Waals surface area contributed by atoms with E-state index in [-0.39, 0.29) is 36.7 Å². The number of carbonyl (C=O) groups is 1. The summed E-state index contributed by atoms with van der Waals surface area (Å²) < 4.78 is 67.9. The van der Waals surface area contributed by atoms with Gasteiger partial charge in [0.2, 0.25) is 14.2 Å². The van der Waals surface area contributed by atoms with Gasteiger partial charge in [-0.2, -0.15) is 13.2 Å². The summed E-state index contributed by atoms with van der Waals surface area (Å²) >= 11 is 1.76. The van der Waals surface area contributed by atoms with Gasteiger partial charge in [0, 0.05) is 36.0 Å². The molecule has 3 heterocycles. The molecule has 1 aliphatic heterocycles. The Morgan fingerprint density at radius 1 is 1.24 bits per heavy atom. The first kappa shape index (κ1) is 24.6. The Kier molecular flexibility index (Phi) is 6.25. The number of amides is 2. The zero-order valence-electron chi connectivity index (χ0n) is 18.2. The van der Waals surface area contributed by atoms with Crippen molar-refractivity contribution in [2.24, 2.45) is 0 Å². The second-order valence-electron chi connectivity index (χ2n) is 7.94. The molecular formula is C21H20F3N3O4S3. The molecule has 0 bridgehead atoms. The van der Waals surface area contributed by atoms with Gasteiger partial charge < -0.3 is 5.11 Å². The Bertz CT molecular complexity index is 1330. The van der Waals surface area contributed by atoms with E-state index >= 15 is 0 Å². The molecule has 2 amide bonds. The Labute approximate surface area is 202 Å². The minimum absolute atomic E-state index is 0.0320. The number of hydrogen-bond donors (Lipinski definition) is 1. The second kappa shape index (κ2) is 8.63. The van der Waals surface area contributed by atoms with E-state index in [0.717, 1.165) is 33.6 Å². The van der Waals surface area contributed by atoms with Crippen molar-refractivity contribution < 1.29 is 31.5 Å². The lowest BCUT2D eigenvalue weighted by atomic mass is 10.0. The van der Waals surface area contributed by atoms with E-state index in [2.05, 4.69) is 4.98 Å². The molecule has 1 aromatic carbocycles. The van der Waals surface area contributed by atoms with Gasteiger partial charge in [0.15, 0.2) is 6.23 Å². The number of carbonyl (C=O) groups excluding carboxylic acids is 1. The van der Waals surface area contributed by atoms with E-state index in [1.165, 1.54) is 41.7 Å². The highest BCUT2D eigenvalue weighted by atomic mass is 32.2. The maximum Gasteiger partial charge on any atom is 0.416 e. The predicted molar refractivity (Wildman–Crippen MR) is 122 cm³/mol. The number of fused-ring (bicyclic) bond motifs is 1. The molecule has 0 fully saturated rings. The lowest BCUT2D eigenvalue weighted by molar-refractivity contribution is -0.138. The fourth-order valence-corrected chi connectivity index (χ4v) is 8.26. The van der Waals surface area contributed by atoms with Crippen molar-refractivity contribution in [2.75, 3.05) is 11.9 Å². The smallest absolute Gasteiger partial charge is 0.369 e. The van der Waals surface area contributed by atoms with Gasteiger partial charge in [0.05, 0.1) is 16.0 Å². The average molecular weight is 532 g/mol. The third-order valence-corrected chi connectivity index (χ3v) is 9.81. The van der Waals surface area contributed by atoms with Crippen LogP contribution in [0, 0.1) is 0 Å². The quantitative estimate of drug-likeness (QED) is 0.505. The molecule has 0 spiro atoms. The second-order valence-corrected chi connectivity index (χ2v) is 12.0. The SMILES string of the molecule is CC(C)N1C(=O)N(C)C(O)c2c1sc(Cc1ccccc1C(F)(F)F)c2S(=O)(=O)c1nccs1. The van der Waals surface area contributed by atoms with E-state index in [9.17, 15) is 31.5 Å². The number of alkyl halides is 3. The Balaban J connectivity index is 2.01. The van der Waals surface area contributed by atoms with Gasteiger partial charge in [-0.3, -0.25) is 9.80 Å². The van der Waals surface area contributed by atoms with Gasteiger partial charge >= 0.3 is 12.2 Å². The van der Waals surface area contributed by atoms with Crippen molar-refractivity contribution in [1.82, 2.24) is 9.88 Å². The lowest BCUT2D eigenvalue weighted by Crippen LogP contribution is -2.50. The first-order valence-corrected chi connectivity index (χ1v) is 13.2. The maximum absolute atomic E-state index is 13.6. The highest BCUT2D eigenvalue weighted by Gasteiger charge is 2.44. The van der Waals surface area contributed by atoms with Crippen LogP contribution in [-0.4, -0.2) is 42.5 Å². The van der Waals surface area contributed by atoms with Crippen LogP contribution in [0.25, 0.3) is 0 Å². The van der Waals surface area contributed by atoms with E-state index in [1.54, 1.807) is 13.8 Å². The number of aliphatic hydroxyl groups excluding tert-OH is 1. The van der Waals surface area contributed by atoms with Crippen LogP contribution in [0.5, 0.6) is 0 Å². The summed E-state index contributed by atoms with van der Waals surface area (Å²) in [5.74, 6) is 0. The molecule has 3 aromatic rings. The molecule has 7 nitrogen and oxygen atoms in total. The summed E-state index contributed by atoms with van der Waals surface area (Å²) in [5.41, 5.74) is -1.03.